The Labute approximate surface area is 332 Å². The Morgan fingerprint density at radius 2 is 0.655 bits per heavy atom. The first-order valence-corrected chi connectivity index (χ1v) is 20.7. The highest BCUT2D eigenvalue weighted by molar-refractivity contribution is 7.86. The minimum atomic E-state index is -4.46. The molecule has 8 N–H and O–H groups in total. The summed E-state index contributed by atoms with van der Waals surface area (Å²) in [6, 6.07) is 34.6. The molecule has 9 rings (SSSR count). The second-order valence-corrected chi connectivity index (χ2v) is 16.6. The molecule has 0 atom stereocenters. The number of aromatic nitrogens is 4. The highest BCUT2D eigenvalue weighted by Crippen LogP contribution is 2.39. The number of nitrogens with zero attached hydrogens (tertiary/aromatic N) is 2. The van der Waals surface area contributed by atoms with Gasteiger partial charge in [-0.1, -0.05) is 48.5 Å². The molecule has 12 nitrogen and oxygen atoms in total. The number of fused-ring (bicyclic) bond motifs is 8. The molecule has 7 aromatic rings. The number of nitrogens with two attached hydrogens (primary N) is 2. The van der Waals surface area contributed by atoms with Crippen molar-refractivity contribution in [3.63, 3.8) is 0 Å². The molecule has 286 valence electrons. The summed E-state index contributed by atoms with van der Waals surface area (Å²) in [7, 11) is -8.92. The highest BCUT2D eigenvalue weighted by Gasteiger charge is 2.21. The third kappa shape index (κ3) is 6.75. The summed E-state index contributed by atoms with van der Waals surface area (Å²) in [5.41, 5.74) is 24.5. The lowest BCUT2D eigenvalue weighted by Gasteiger charge is -2.08. The maximum Gasteiger partial charge on any atom is 0.294 e. The van der Waals surface area contributed by atoms with Crippen LogP contribution in [0.2, 0.25) is 0 Å². The van der Waals surface area contributed by atoms with E-state index < -0.39 is 20.2 Å². The standard InChI is InChI=1S/C44H32N6O6S2/c45-29-9-1-25(2-10-29)41-33-17-18-34(47-33)42(26-3-11-30(46)12-4-26)36-20-22-38(49-36)44(28-7-15-32(16-8-28)58(54,55)56)40-24-23-39(50-40)43(37-21-19-35(41)48-37)27-5-13-31(14-6-27)57(51,52)53/h1-24,47-48H,45-46H2,(H,51,52,53)(H,54,55,56). The Morgan fingerprint density at radius 3 is 1.00 bits per heavy atom. The molecule has 2 aliphatic rings. The van der Waals surface area contributed by atoms with E-state index in [4.69, 9.17) is 21.4 Å². The zero-order valence-corrected chi connectivity index (χ0v) is 31.9. The fourth-order valence-electron chi connectivity index (χ4n) is 7.31. The van der Waals surface area contributed by atoms with E-state index in [1.54, 1.807) is 24.3 Å². The van der Waals surface area contributed by atoms with Crippen LogP contribution in [0, 0.1) is 0 Å². The second kappa shape index (κ2) is 13.8. The van der Waals surface area contributed by atoms with Crippen molar-refractivity contribution in [3.8, 4) is 44.5 Å². The van der Waals surface area contributed by atoms with Crippen LogP contribution in [0.4, 0.5) is 11.4 Å². The van der Waals surface area contributed by atoms with Gasteiger partial charge in [-0.15, -0.1) is 0 Å². The summed E-state index contributed by atoms with van der Waals surface area (Å²) in [5, 5.41) is 0. The van der Waals surface area contributed by atoms with Gasteiger partial charge in [0.05, 0.1) is 32.6 Å². The molecule has 0 spiro atoms. The van der Waals surface area contributed by atoms with Crippen molar-refractivity contribution in [1.82, 2.24) is 19.9 Å². The molecule has 0 saturated carbocycles. The maximum absolute atomic E-state index is 12.0. The number of nitrogens with one attached hydrogen (secondary N) is 2. The van der Waals surface area contributed by atoms with Gasteiger partial charge in [-0.3, -0.25) is 9.11 Å². The number of H-pyrrole nitrogens is 2. The first-order chi connectivity index (χ1) is 27.8. The van der Waals surface area contributed by atoms with Gasteiger partial charge in [-0.25, -0.2) is 9.97 Å². The van der Waals surface area contributed by atoms with Gasteiger partial charge in [-0.2, -0.15) is 16.8 Å². The van der Waals surface area contributed by atoms with Crippen molar-refractivity contribution < 1.29 is 25.9 Å². The number of hydrogen-bond donors (Lipinski definition) is 6. The maximum atomic E-state index is 12.0. The summed E-state index contributed by atoms with van der Waals surface area (Å²) >= 11 is 0. The first-order valence-electron chi connectivity index (χ1n) is 17.8. The average molecular weight is 805 g/mol. The molecule has 4 aromatic carbocycles. The molecule has 0 fully saturated rings. The minimum absolute atomic E-state index is 0.257. The van der Waals surface area contributed by atoms with E-state index in [9.17, 15) is 25.9 Å². The van der Waals surface area contributed by atoms with Crippen LogP contribution in [0.25, 0.3) is 90.9 Å². The number of nitrogen functional groups attached to an aromatic ring is 2. The lowest BCUT2D eigenvalue weighted by molar-refractivity contribution is 0.481. The van der Waals surface area contributed by atoms with E-state index in [0.717, 1.165) is 38.8 Å². The highest BCUT2D eigenvalue weighted by atomic mass is 32.2. The zero-order valence-electron chi connectivity index (χ0n) is 30.2. The molecule has 58 heavy (non-hydrogen) atoms. The van der Waals surface area contributed by atoms with Crippen LogP contribution >= 0.6 is 0 Å². The van der Waals surface area contributed by atoms with Gasteiger partial charge in [0.1, 0.15) is 0 Å². The lowest BCUT2D eigenvalue weighted by atomic mass is 10.0. The molecule has 14 heteroatoms. The van der Waals surface area contributed by atoms with Gasteiger partial charge in [0.25, 0.3) is 20.2 Å². The van der Waals surface area contributed by atoms with Crippen LogP contribution < -0.4 is 11.5 Å². The second-order valence-electron chi connectivity index (χ2n) is 13.7. The van der Waals surface area contributed by atoms with Gasteiger partial charge in [0, 0.05) is 55.7 Å². The Balaban J connectivity index is 1.44. The number of rotatable bonds is 6. The van der Waals surface area contributed by atoms with Gasteiger partial charge < -0.3 is 21.4 Å². The Bertz CT molecular complexity index is 3260. The van der Waals surface area contributed by atoms with Crippen molar-refractivity contribution in [1.29, 1.82) is 0 Å². The Morgan fingerprint density at radius 1 is 0.379 bits per heavy atom. The van der Waals surface area contributed by atoms with Crippen LogP contribution in [-0.2, 0) is 20.2 Å². The SMILES string of the molecule is Nc1ccc(-c2c3nc(c(-c4ccc(S(=O)(=O)O)cc4)c4nc(c(-c5ccc(S(=O)(=O)O)cc5)c5ccc([nH]5)c(-c5ccc(N)cc5)c5ccc2[nH]5)C=C4)C=C3)cc1. The molecule has 0 unspecified atom stereocenters. The van der Waals surface area contributed by atoms with Gasteiger partial charge >= 0.3 is 0 Å². The molecular weight excluding hydrogens is 773 g/mol. The van der Waals surface area contributed by atoms with Crippen molar-refractivity contribution in [2.45, 2.75) is 9.79 Å². The third-order valence-electron chi connectivity index (χ3n) is 10.0. The molecule has 2 aliphatic heterocycles. The first kappa shape index (κ1) is 36.5. The summed E-state index contributed by atoms with van der Waals surface area (Å²) in [5.74, 6) is 0. The van der Waals surface area contributed by atoms with E-state index >= 15 is 0 Å². The van der Waals surface area contributed by atoms with E-state index in [-0.39, 0.29) is 9.79 Å². The van der Waals surface area contributed by atoms with Crippen molar-refractivity contribution in [2.75, 3.05) is 11.5 Å². The molecular formula is C44H32N6O6S2. The van der Waals surface area contributed by atoms with Crippen LogP contribution in [0.1, 0.15) is 22.8 Å². The van der Waals surface area contributed by atoms with Crippen LogP contribution in [0.3, 0.4) is 0 Å². The smallest absolute Gasteiger partial charge is 0.294 e. The summed E-state index contributed by atoms with van der Waals surface area (Å²) in [4.78, 5) is 17.1. The fourth-order valence-corrected chi connectivity index (χ4v) is 8.27. The van der Waals surface area contributed by atoms with Gasteiger partial charge in [-0.05, 0) is 119 Å². The Hall–Kier alpha value is -7.10. The number of hydrogen-bond acceptors (Lipinski definition) is 8. The quantitative estimate of drug-likeness (QED) is 0.0692. The zero-order chi connectivity index (χ0) is 40.3. The van der Waals surface area contributed by atoms with Crippen molar-refractivity contribution in [2.24, 2.45) is 0 Å². The predicted octanol–water partition coefficient (Wildman–Crippen LogP) is 8.98. The minimum Gasteiger partial charge on any atom is -0.399 e. The van der Waals surface area contributed by atoms with Gasteiger partial charge in [0.15, 0.2) is 0 Å². The number of benzene rings is 4. The van der Waals surface area contributed by atoms with Crippen LogP contribution in [0.5, 0.6) is 0 Å². The topological polar surface area (TPSA) is 218 Å². The van der Waals surface area contributed by atoms with Crippen molar-refractivity contribution in [3.05, 3.63) is 144 Å². The third-order valence-corrected chi connectivity index (χ3v) is 11.8. The average Bonchev–Trinajstić information content (AvgIpc) is 4.04. The van der Waals surface area contributed by atoms with E-state index in [2.05, 4.69) is 9.97 Å². The molecule has 0 amide bonds. The fraction of sp³-hybridized carbons (Fsp3) is 0. The largest absolute Gasteiger partial charge is 0.399 e. The molecule has 0 radical (unpaired) electrons. The van der Waals surface area contributed by atoms with E-state index in [1.807, 2.05) is 97.1 Å². The summed E-state index contributed by atoms with van der Waals surface area (Å²) < 4.78 is 67.5. The molecule has 8 bridgehead atoms. The van der Waals surface area contributed by atoms with E-state index in [0.29, 0.717) is 61.9 Å². The monoisotopic (exact) mass is 804 g/mol. The summed E-state index contributed by atoms with van der Waals surface area (Å²) in [6.07, 6.45) is 7.45. The predicted molar refractivity (Wildman–Crippen MR) is 229 cm³/mol. The van der Waals surface area contributed by atoms with Gasteiger partial charge in [0.2, 0.25) is 0 Å². The Kier molecular flexibility index (Phi) is 8.71. The lowest BCUT2D eigenvalue weighted by Crippen LogP contribution is -1.98. The normalized spacial score (nSPS) is 12.6. The molecule has 0 aliphatic carbocycles. The molecule has 0 saturated heterocycles. The van der Waals surface area contributed by atoms with Crippen molar-refractivity contribution >= 4 is 78.0 Å². The molecule has 3 aromatic heterocycles. The number of aromatic amines is 2. The van der Waals surface area contributed by atoms with E-state index in [1.165, 1.54) is 24.3 Å². The number of anilines is 2. The van der Waals surface area contributed by atoms with Crippen LogP contribution in [0.15, 0.2) is 131 Å². The summed E-state index contributed by atoms with van der Waals surface area (Å²) in [6.45, 7) is 0. The molecule has 5 heterocycles. The van der Waals surface area contributed by atoms with Crippen LogP contribution in [-0.4, -0.2) is 45.9 Å².